The molecule has 2 rings (SSSR count). The number of carboxylic acid groups (broad SMARTS) is 1. The zero-order chi connectivity index (χ0) is 9.26. The summed E-state index contributed by atoms with van der Waals surface area (Å²) in [7, 11) is 0. The Morgan fingerprint density at radius 1 is 1.54 bits per heavy atom. The summed E-state index contributed by atoms with van der Waals surface area (Å²) in [5, 5.41) is 10.7. The summed E-state index contributed by atoms with van der Waals surface area (Å²) in [5.74, 6) is -0.837. The molecule has 0 aliphatic heterocycles. The highest BCUT2D eigenvalue weighted by Gasteiger charge is 2.15. The predicted molar refractivity (Wildman–Crippen MR) is 52.9 cm³/mol. The van der Waals surface area contributed by atoms with Gasteiger partial charge in [-0.25, -0.2) is 4.79 Å². The Hall–Kier alpha value is -1.09. The molecule has 0 atom stereocenters. The summed E-state index contributed by atoms with van der Waals surface area (Å²) >= 11 is 1.64. The monoisotopic (exact) mass is 194 g/mol. The average Bonchev–Trinajstić information content (AvgIpc) is 2.51. The predicted octanol–water partition coefficient (Wildman–Crippen LogP) is 2.55. The van der Waals surface area contributed by atoms with Crippen molar-refractivity contribution in [2.75, 3.05) is 0 Å². The van der Waals surface area contributed by atoms with Crippen LogP contribution in [0.2, 0.25) is 0 Å². The molecule has 0 radical (unpaired) electrons. The summed E-state index contributed by atoms with van der Waals surface area (Å²) < 4.78 is 0. The van der Waals surface area contributed by atoms with E-state index >= 15 is 0 Å². The Labute approximate surface area is 80.5 Å². The van der Waals surface area contributed by atoms with Crippen LogP contribution in [-0.4, -0.2) is 11.1 Å². The summed E-state index contributed by atoms with van der Waals surface area (Å²) in [6.45, 7) is 0. The van der Waals surface area contributed by atoms with Crippen molar-refractivity contribution in [2.24, 2.45) is 0 Å². The van der Waals surface area contributed by atoms with E-state index < -0.39 is 5.97 Å². The topological polar surface area (TPSA) is 37.3 Å². The van der Waals surface area contributed by atoms with Gasteiger partial charge in [-0.15, -0.1) is 11.3 Å². The SMILES string of the molecule is O=C(O)/C=C1\CCCc2ccsc21. The Bertz CT molecular complexity index is 363. The second-order valence-corrected chi connectivity index (χ2v) is 4.05. The molecule has 3 heteroatoms. The van der Waals surface area contributed by atoms with Crippen molar-refractivity contribution in [3.8, 4) is 0 Å². The van der Waals surface area contributed by atoms with Gasteiger partial charge in [0, 0.05) is 11.0 Å². The van der Waals surface area contributed by atoms with E-state index in [1.807, 2.05) is 5.38 Å². The molecule has 0 fully saturated rings. The molecule has 0 saturated carbocycles. The van der Waals surface area contributed by atoms with E-state index in [1.54, 1.807) is 11.3 Å². The smallest absolute Gasteiger partial charge is 0.328 e. The van der Waals surface area contributed by atoms with Crippen LogP contribution in [-0.2, 0) is 11.2 Å². The third-order valence-electron chi connectivity index (χ3n) is 2.23. The number of carboxylic acids is 1. The molecule has 0 unspecified atom stereocenters. The van der Waals surface area contributed by atoms with Crippen LogP contribution in [0.4, 0.5) is 0 Å². The molecule has 0 saturated heterocycles. The minimum atomic E-state index is -0.837. The standard InChI is InChI=1S/C10H10O2S/c11-9(12)6-8-3-1-2-7-4-5-13-10(7)8/h4-6H,1-3H2,(H,11,12)/b8-6+. The van der Waals surface area contributed by atoms with E-state index in [4.69, 9.17) is 5.11 Å². The van der Waals surface area contributed by atoms with Crippen LogP contribution in [0.1, 0.15) is 23.3 Å². The number of rotatable bonds is 1. The maximum absolute atomic E-state index is 10.5. The van der Waals surface area contributed by atoms with Gasteiger partial charge in [0.05, 0.1) is 0 Å². The van der Waals surface area contributed by atoms with Crippen molar-refractivity contribution in [2.45, 2.75) is 19.3 Å². The molecule has 0 bridgehead atoms. The second kappa shape index (κ2) is 3.34. The van der Waals surface area contributed by atoms with Gasteiger partial charge in [0.15, 0.2) is 0 Å². The van der Waals surface area contributed by atoms with Crippen molar-refractivity contribution >= 4 is 22.9 Å². The van der Waals surface area contributed by atoms with Gasteiger partial charge in [-0.3, -0.25) is 0 Å². The molecule has 1 aromatic rings. The van der Waals surface area contributed by atoms with Crippen LogP contribution in [0.15, 0.2) is 17.5 Å². The molecule has 2 nitrogen and oxygen atoms in total. The van der Waals surface area contributed by atoms with Gasteiger partial charge in [0.2, 0.25) is 0 Å². The van der Waals surface area contributed by atoms with E-state index in [-0.39, 0.29) is 0 Å². The lowest BCUT2D eigenvalue weighted by molar-refractivity contribution is -0.131. The van der Waals surface area contributed by atoms with Crippen molar-refractivity contribution in [3.05, 3.63) is 28.0 Å². The first-order valence-electron chi connectivity index (χ1n) is 4.27. The van der Waals surface area contributed by atoms with E-state index in [0.29, 0.717) is 0 Å². The van der Waals surface area contributed by atoms with Crippen LogP contribution in [0.3, 0.4) is 0 Å². The number of carbonyl (C=O) groups is 1. The molecular formula is C10H10O2S. The van der Waals surface area contributed by atoms with Gasteiger partial charge < -0.3 is 5.11 Å². The Morgan fingerprint density at radius 2 is 2.38 bits per heavy atom. The maximum Gasteiger partial charge on any atom is 0.328 e. The fourth-order valence-corrected chi connectivity index (χ4v) is 2.69. The van der Waals surface area contributed by atoms with Gasteiger partial charge in [-0.05, 0) is 41.8 Å². The van der Waals surface area contributed by atoms with Crippen molar-refractivity contribution in [1.29, 1.82) is 0 Å². The van der Waals surface area contributed by atoms with E-state index in [1.165, 1.54) is 16.5 Å². The minimum Gasteiger partial charge on any atom is -0.478 e. The molecule has 1 N–H and O–H groups in total. The Morgan fingerprint density at radius 3 is 3.15 bits per heavy atom. The zero-order valence-electron chi connectivity index (χ0n) is 7.12. The minimum absolute atomic E-state index is 0.837. The second-order valence-electron chi connectivity index (χ2n) is 3.14. The molecule has 1 aliphatic carbocycles. The summed E-state index contributed by atoms with van der Waals surface area (Å²) in [5.41, 5.74) is 2.30. The van der Waals surface area contributed by atoms with Gasteiger partial charge >= 0.3 is 5.97 Å². The lowest BCUT2D eigenvalue weighted by Crippen LogP contribution is -2.00. The number of thiophene rings is 1. The van der Waals surface area contributed by atoms with Crippen molar-refractivity contribution in [1.82, 2.24) is 0 Å². The number of aryl methyl sites for hydroxylation is 1. The fraction of sp³-hybridized carbons (Fsp3) is 0.300. The van der Waals surface area contributed by atoms with Gasteiger partial charge in [0.1, 0.15) is 0 Å². The fourth-order valence-electron chi connectivity index (χ4n) is 1.68. The van der Waals surface area contributed by atoms with E-state index in [9.17, 15) is 4.79 Å². The molecule has 13 heavy (non-hydrogen) atoms. The van der Waals surface area contributed by atoms with Gasteiger partial charge in [0.25, 0.3) is 0 Å². The summed E-state index contributed by atoms with van der Waals surface area (Å²) in [4.78, 5) is 11.7. The molecular weight excluding hydrogens is 184 g/mol. The highest BCUT2D eigenvalue weighted by atomic mass is 32.1. The molecule has 1 heterocycles. The summed E-state index contributed by atoms with van der Waals surface area (Å²) in [6, 6.07) is 2.09. The quantitative estimate of drug-likeness (QED) is 0.697. The number of aliphatic carboxylic acids is 1. The summed E-state index contributed by atoms with van der Waals surface area (Å²) in [6.07, 6.45) is 4.41. The number of allylic oxidation sites excluding steroid dienone is 1. The highest BCUT2D eigenvalue weighted by molar-refractivity contribution is 7.11. The number of hydrogen-bond acceptors (Lipinski definition) is 2. The van der Waals surface area contributed by atoms with E-state index in [0.717, 1.165) is 24.8 Å². The molecule has 1 aliphatic rings. The molecule has 0 aromatic carbocycles. The highest BCUT2D eigenvalue weighted by Crippen LogP contribution is 2.34. The lowest BCUT2D eigenvalue weighted by Gasteiger charge is -2.13. The first kappa shape index (κ1) is 8.51. The van der Waals surface area contributed by atoms with Crippen LogP contribution in [0, 0.1) is 0 Å². The normalized spacial score (nSPS) is 18.6. The average molecular weight is 194 g/mol. The molecule has 0 spiro atoms. The van der Waals surface area contributed by atoms with Crippen LogP contribution >= 0.6 is 11.3 Å². The van der Waals surface area contributed by atoms with Crippen LogP contribution < -0.4 is 0 Å². The zero-order valence-corrected chi connectivity index (χ0v) is 7.93. The lowest BCUT2D eigenvalue weighted by atomic mass is 9.94. The largest absolute Gasteiger partial charge is 0.478 e. The number of hydrogen-bond donors (Lipinski definition) is 1. The molecule has 68 valence electrons. The third kappa shape index (κ3) is 1.65. The Balaban J connectivity index is 2.40. The van der Waals surface area contributed by atoms with Crippen molar-refractivity contribution < 1.29 is 9.90 Å². The molecule has 1 aromatic heterocycles. The first-order valence-corrected chi connectivity index (χ1v) is 5.15. The Kier molecular flexibility index (Phi) is 2.19. The maximum atomic E-state index is 10.5. The molecule has 0 amide bonds. The van der Waals surface area contributed by atoms with Gasteiger partial charge in [-0.2, -0.15) is 0 Å². The first-order chi connectivity index (χ1) is 6.27. The van der Waals surface area contributed by atoms with Gasteiger partial charge in [-0.1, -0.05) is 0 Å². The van der Waals surface area contributed by atoms with E-state index in [2.05, 4.69) is 6.07 Å². The van der Waals surface area contributed by atoms with Crippen LogP contribution in [0.5, 0.6) is 0 Å². The number of fused-ring (bicyclic) bond motifs is 1. The third-order valence-corrected chi connectivity index (χ3v) is 3.26. The van der Waals surface area contributed by atoms with Crippen molar-refractivity contribution in [3.63, 3.8) is 0 Å². The van der Waals surface area contributed by atoms with Crippen LogP contribution in [0.25, 0.3) is 5.57 Å².